The molecule has 1 aromatic heterocycles. The van der Waals surface area contributed by atoms with Crippen LogP contribution in [0.25, 0.3) is 16.9 Å². The van der Waals surface area contributed by atoms with E-state index in [0.717, 1.165) is 0 Å². The number of halogens is 3. The molecule has 22 heavy (non-hydrogen) atoms. The average Bonchev–Trinajstić information content (AvgIpc) is 2.85. The molecule has 0 saturated carbocycles. The second-order valence-electron chi connectivity index (χ2n) is 4.51. The van der Waals surface area contributed by atoms with Crippen LogP contribution in [-0.4, -0.2) is 16.1 Å². The number of nitrogens with zero attached hydrogens (tertiary/aromatic N) is 2. The summed E-state index contributed by atoms with van der Waals surface area (Å²) >= 11 is 12.4. The third-order valence-corrected chi connectivity index (χ3v) is 3.87. The minimum absolute atomic E-state index is 0.0846. The minimum atomic E-state index is -0.480. The molecule has 1 heterocycles. The first kappa shape index (κ1) is 14.8. The summed E-state index contributed by atoms with van der Waals surface area (Å²) in [6, 6.07) is 13.0. The normalized spacial score (nSPS) is 10.7. The molecule has 3 aromatic rings. The molecule has 0 radical (unpaired) electrons. The van der Waals surface area contributed by atoms with Crippen LogP contribution < -0.4 is 0 Å². The fraction of sp³-hybridized carbons (Fsp3) is 0. The van der Waals surface area contributed by atoms with E-state index in [1.165, 1.54) is 16.8 Å². The second-order valence-corrected chi connectivity index (χ2v) is 5.28. The third kappa shape index (κ3) is 2.40. The van der Waals surface area contributed by atoms with E-state index in [1.54, 1.807) is 36.4 Å². The number of aldehydes is 1. The first-order valence-electron chi connectivity index (χ1n) is 6.37. The van der Waals surface area contributed by atoms with E-state index in [1.807, 2.05) is 0 Å². The molecule has 6 heteroatoms. The largest absolute Gasteiger partial charge is 0.298 e. The van der Waals surface area contributed by atoms with Crippen LogP contribution in [0.1, 0.15) is 10.4 Å². The van der Waals surface area contributed by atoms with Crippen LogP contribution in [0.4, 0.5) is 4.39 Å². The zero-order valence-corrected chi connectivity index (χ0v) is 12.6. The number of carbonyl (C=O) groups excluding carboxylic acids is 1. The van der Waals surface area contributed by atoms with Gasteiger partial charge in [-0.2, -0.15) is 5.10 Å². The van der Waals surface area contributed by atoms with Crippen LogP contribution in [0.2, 0.25) is 10.2 Å². The molecule has 3 rings (SSSR count). The number of carbonyl (C=O) groups is 1. The van der Waals surface area contributed by atoms with Crippen LogP contribution in [0.5, 0.6) is 0 Å². The van der Waals surface area contributed by atoms with Crippen LogP contribution >= 0.6 is 23.2 Å². The third-order valence-electron chi connectivity index (χ3n) is 3.19. The van der Waals surface area contributed by atoms with Crippen molar-refractivity contribution in [2.24, 2.45) is 0 Å². The molecule has 0 fully saturated rings. The first-order valence-corrected chi connectivity index (χ1v) is 7.12. The lowest BCUT2D eigenvalue weighted by molar-refractivity contribution is 0.112. The monoisotopic (exact) mass is 334 g/mol. The fourth-order valence-electron chi connectivity index (χ4n) is 2.15. The van der Waals surface area contributed by atoms with Crippen molar-refractivity contribution in [1.82, 2.24) is 9.78 Å². The summed E-state index contributed by atoms with van der Waals surface area (Å²) < 4.78 is 15.3. The molecular weight excluding hydrogens is 326 g/mol. The Morgan fingerprint density at radius 1 is 1.05 bits per heavy atom. The van der Waals surface area contributed by atoms with E-state index in [0.29, 0.717) is 17.0 Å². The highest BCUT2D eigenvalue weighted by Gasteiger charge is 2.21. The Morgan fingerprint density at radius 3 is 2.41 bits per heavy atom. The van der Waals surface area contributed by atoms with Gasteiger partial charge >= 0.3 is 0 Å². The molecule has 0 atom stereocenters. The maximum atomic E-state index is 14.0. The lowest BCUT2D eigenvalue weighted by Gasteiger charge is -2.04. The summed E-state index contributed by atoms with van der Waals surface area (Å²) in [6.07, 6.45) is 0.560. The highest BCUT2D eigenvalue weighted by Crippen LogP contribution is 2.32. The van der Waals surface area contributed by atoms with Gasteiger partial charge in [-0.25, -0.2) is 9.07 Å². The molecule has 0 aliphatic rings. The highest BCUT2D eigenvalue weighted by molar-refractivity contribution is 6.34. The van der Waals surface area contributed by atoms with E-state index < -0.39 is 5.82 Å². The van der Waals surface area contributed by atoms with Crippen molar-refractivity contribution in [2.75, 3.05) is 0 Å². The minimum Gasteiger partial charge on any atom is -0.298 e. The standard InChI is InChI=1S/C16H9Cl2FN2O/c17-12-6-2-4-8-14(12)21-16(18)11(9-22)15(20-21)10-5-1-3-7-13(10)19/h1-9H. The van der Waals surface area contributed by atoms with E-state index >= 15 is 0 Å². The zero-order valence-electron chi connectivity index (χ0n) is 11.1. The van der Waals surface area contributed by atoms with Crippen LogP contribution in [0.3, 0.4) is 0 Å². The van der Waals surface area contributed by atoms with Crippen molar-refractivity contribution in [1.29, 1.82) is 0 Å². The molecule has 0 saturated heterocycles. The summed E-state index contributed by atoms with van der Waals surface area (Å²) in [5.41, 5.74) is 1.02. The van der Waals surface area contributed by atoms with E-state index in [-0.39, 0.29) is 22.0 Å². The summed E-state index contributed by atoms with van der Waals surface area (Å²) in [4.78, 5) is 11.4. The van der Waals surface area contributed by atoms with E-state index in [4.69, 9.17) is 23.2 Å². The molecule has 0 spiro atoms. The van der Waals surface area contributed by atoms with Gasteiger partial charge in [0.1, 0.15) is 16.7 Å². The number of rotatable bonds is 3. The highest BCUT2D eigenvalue weighted by atomic mass is 35.5. The lowest BCUT2D eigenvalue weighted by atomic mass is 10.1. The van der Waals surface area contributed by atoms with E-state index in [9.17, 15) is 9.18 Å². The van der Waals surface area contributed by atoms with Crippen LogP contribution in [0.15, 0.2) is 48.5 Å². The number of benzene rings is 2. The lowest BCUT2D eigenvalue weighted by Crippen LogP contribution is -1.97. The van der Waals surface area contributed by atoms with Gasteiger partial charge in [-0.15, -0.1) is 0 Å². The molecular formula is C16H9Cl2FN2O. The molecule has 0 bridgehead atoms. The summed E-state index contributed by atoms with van der Waals surface area (Å²) in [7, 11) is 0. The number of hydrogen-bond donors (Lipinski definition) is 0. The van der Waals surface area contributed by atoms with Crippen molar-refractivity contribution in [3.05, 3.63) is 70.1 Å². The van der Waals surface area contributed by atoms with Gasteiger partial charge in [-0.05, 0) is 24.3 Å². The Bertz CT molecular complexity index is 861. The Labute approximate surface area is 135 Å². The van der Waals surface area contributed by atoms with Gasteiger partial charge in [0.15, 0.2) is 6.29 Å². The van der Waals surface area contributed by atoms with Gasteiger partial charge in [0.05, 0.1) is 16.3 Å². The van der Waals surface area contributed by atoms with Gasteiger partial charge in [-0.1, -0.05) is 47.5 Å². The van der Waals surface area contributed by atoms with Crippen LogP contribution in [-0.2, 0) is 0 Å². The van der Waals surface area contributed by atoms with Gasteiger partial charge < -0.3 is 0 Å². The molecule has 0 aliphatic carbocycles. The van der Waals surface area contributed by atoms with Crippen molar-refractivity contribution in [2.45, 2.75) is 0 Å². The molecule has 3 nitrogen and oxygen atoms in total. The maximum Gasteiger partial charge on any atom is 0.155 e. The SMILES string of the molecule is O=Cc1c(-c2ccccc2F)nn(-c2ccccc2Cl)c1Cl. The predicted molar refractivity (Wildman–Crippen MR) is 84.4 cm³/mol. The van der Waals surface area contributed by atoms with Crippen molar-refractivity contribution >= 4 is 29.5 Å². The summed E-state index contributed by atoms with van der Waals surface area (Å²) in [5, 5.41) is 4.78. The van der Waals surface area contributed by atoms with Crippen LogP contribution in [0, 0.1) is 5.82 Å². The molecule has 0 N–H and O–H groups in total. The predicted octanol–water partition coefficient (Wildman–Crippen LogP) is 4.80. The molecule has 2 aromatic carbocycles. The Hall–Kier alpha value is -2.17. The van der Waals surface area contributed by atoms with Gasteiger partial charge in [0, 0.05) is 5.56 Å². The maximum absolute atomic E-state index is 14.0. The average molecular weight is 335 g/mol. The topological polar surface area (TPSA) is 34.9 Å². The zero-order chi connectivity index (χ0) is 15.7. The van der Waals surface area contributed by atoms with Gasteiger partial charge in [0.2, 0.25) is 0 Å². The number of para-hydroxylation sites is 1. The quantitative estimate of drug-likeness (QED) is 0.645. The van der Waals surface area contributed by atoms with Crippen molar-refractivity contribution in [3.8, 4) is 16.9 Å². The molecule has 0 unspecified atom stereocenters. The van der Waals surface area contributed by atoms with E-state index in [2.05, 4.69) is 5.10 Å². The first-order chi connectivity index (χ1) is 10.6. The number of aromatic nitrogens is 2. The molecule has 0 aliphatic heterocycles. The second kappa shape index (κ2) is 5.91. The summed E-state index contributed by atoms with van der Waals surface area (Å²) in [6.45, 7) is 0. The Morgan fingerprint density at radius 2 is 1.73 bits per heavy atom. The fourth-order valence-corrected chi connectivity index (χ4v) is 2.63. The van der Waals surface area contributed by atoms with Crippen molar-refractivity contribution in [3.63, 3.8) is 0 Å². The van der Waals surface area contributed by atoms with Gasteiger partial charge in [-0.3, -0.25) is 4.79 Å². The van der Waals surface area contributed by atoms with Gasteiger partial charge in [0.25, 0.3) is 0 Å². The smallest absolute Gasteiger partial charge is 0.155 e. The van der Waals surface area contributed by atoms with Crippen molar-refractivity contribution < 1.29 is 9.18 Å². The molecule has 110 valence electrons. The Kier molecular flexibility index (Phi) is 3.96. The molecule has 0 amide bonds. The Balaban J connectivity index is 2.27. The number of hydrogen-bond acceptors (Lipinski definition) is 2. The summed E-state index contributed by atoms with van der Waals surface area (Å²) in [5.74, 6) is -0.480.